The van der Waals surface area contributed by atoms with Crippen LogP contribution in [0.1, 0.15) is 29.0 Å². The summed E-state index contributed by atoms with van der Waals surface area (Å²) in [6.07, 6.45) is 3.94. The summed E-state index contributed by atoms with van der Waals surface area (Å²) >= 11 is 1.18. The summed E-state index contributed by atoms with van der Waals surface area (Å²) in [5.74, 6) is 0.704. The molecular formula is C11H14N6O2S. The van der Waals surface area contributed by atoms with Gasteiger partial charge in [0.2, 0.25) is 6.39 Å². The molecule has 1 aliphatic rings. The summed E-state index contributed by atoms with van der Waals surface area (Å²) in [6, 6.07) is 0.286. The molecule has 1 fully saturated rings. The number of hydrogen-bond acceptors (Lipinski definition) is 8. The molecule has 0 bridgehead atoms. The third kappa shape index (κ3) is 2.87. The molecule has 0 spiro atoms. The first kappa shape index (κ1) is 12.9. The summed E-state index contributed by atoms with van der Waals surface area (Å²) in [6.45, 7) is 0.574. The van der Waals surface area contributed by atoms with Crippen molar-refractivity contribution in [2.45, 2.75) is 25.3 Å². The first-order valence-corrected chi connectivity index (χ1v) is 7.06. The van der Waals surface area contributed by atoms with Gasteiger partial charge in [-0.15, -0.1) is 0 Å². The maximum absolute atomic E-state index is 12.1. The van der Waals surface area contributed by atoms with Crippen LogP contribution in [-0.2, 0) is 6.42 Å². The van der Waals surface area contributed by atoms with Crippen LogP contribution >= 0.6 is 11.5 Å². The number of nitrogens with zero attached hydrogens (tertiary/aromatic N) is 3. The van der Waals surface area contributed by atoms with Gasteiger partial charge in [0.15, 0.2) is 11.6 Å². The third-order valence-electron chi connectivity index (χ3n) is 2.90. The molecule has 106 valence electrons. The molecule has 8 nitrogen and oxygen atoms in total. The fourth-order valence-electron chi connectivity index (χ4n) is 1.72. The van der Waals surface area contributed by atoms with Gasteiger partial charge in [-0.05, 0) is 24.4 Å². The molecule has 1 saturated carbocycles. The number of carbonyl (C=O) groups excluding carboxylic acids is 1. The zero-order valence-electron chi connectivity index (χ0n) is 10.6. The van der Waals surface area contributed by atoms with Gasteiger partial charge >= 0.3 is 0 Å². The Balaban J connectivity index is 1.62. The van der Waals surface area contributed by atoms with Crippen molar-refractivity contribution in [2.75, 3.05) is 17.6 Å². The number of nitrogens with two attached hydrogens (primary N) is 1. The molecule has 4 N–H and O–H groups in total. The predicted octanol–water partition coefficient (Wildman–Crippen LogP) is 0.655. The lowest BCUT2D eigenvalue weighted by molar-refractivity contribution is 0.0953. The highest BCUT2D eigenvalue weighted by Crippen LogP contribution is 2.28. The third-order valence-corrected chi connectivity index (χ3v) is 3.72. The van der Waals surface area contributed by atoms with Gasteiger partial charge in [-0.1, -0.05) is 5.16 Å². The van der Waals surface area contributed by atoms with Crippen molar-refractivity contribution in [3.63, 3.8) is 0 Å². The fraction of sp³-hybridized carbons (Fsp3) is 0.455. The first-order valence-electron chi connectivity index (χ1n) is 6.29. The first-order chi connectivity index (χ1) is 9.74. The number of anilines is 2. The fourth-order valence-corrected chi connectivity index (χ4v) is 2.45. The van der Waals surface area contributed by atoms with E-state index in [2.05, 4.69) is 29.7 Å². The topological polar surface area (TPSA) is 119 Å². The van der Waals surface area contributed by atoms with E-state index in [4.69, 9.17) is 5.73 Å². The zero-order chi connectivity index (χ0) is 13.9. The van der Waals surface area contributed by atoms with E-state index in [1.165, 1.54) is 17.9 Å². The van der Waals surface area contributed by atoms with Crippen LogP contribution in [0.15, 0.2) is 10.9 Å². The number of aromatic nitrogens is 3. The second-order valence-corrected chi connectivity index (χ2v) is 5.32. The summed E-state index contributed by atoms with van der Waals surface area (Å²) in [4.78, 5) is 16.0. The maximum Gasteiger partial charge on any atom is 0.258 e. The number of hydrogen-bond donors (Lipinski definition) is 3. The van der Waals surface area contributed by atoms with Crippen molar-refractivity contribution in [3.05, 3.63) is 17.8 Å². The number of amides is 1. The molecule has 0 unspecified atom stereocenters. The van der Waals surface area contributed by atoms with Crippen LogP contribution in [0.5, 0.6) is 0 Å². The zero-order valence-corrected chi connectivity index (χ0v) is 11.4. The Hall–Kier alpha value is -2.16. The molecule has 0 radical (unpaired) electrons. The molecule has 0 saturated heterocycles. The molecule has 2 aromatic heterocycles. The van der Waals surface area contributed by atoms with Crippen molar-refractivity contribution in [1.29, 1.82) is 0 Å². The Morgan fingerprint density at radius 3 is 3.10 bits per heavy atom. The molecule has 1 aliphatic carbocycles. The minimum atomic E-state index is -0.166. The average Bonchev–Trinajstić information content (AvgIpc) is 2.95. The Kier molecular flexibility index (Phi) is 3.50. The lowest BCUT2D eigenvalue weighted by Gasteiger charge is -2.06. The van der Waals surface area contributed by atoms with Gasteiger partial charge in [0.1, 0.15) is 10.6 Å². The van der Waals surface area contributed by atoms with Gasteiger partial charge in [0.05, 0.1) is 0 Å². The summed E-state index contributed by atoms with van der Waals surface area (Å²) in [5, 5.41) is 10.4. The minimum absolute atomic E-state index is 0.166. The van der Waals surface area contributed by atoms with Crippen molar-refractivity contribution in [2.24, 2.45) is 0 Å². The molecule has 9 heteroatoms. The van der Waals surface area contributed by atoms with Crippen LogP contribution in [0.2, 0.25) is 0 Å². The number of nitrogens with one attached hydrogen (secondary N) is 2. The predicted molar refractivity (Wildman–Crippen MR) is 73.5 cm³/mol. The van der Waals surface area contributed by atoms with Gasteiger partial charge in [0, 0.05) is 19.0 Å². The number of nitrogen functional groups attached to an aromatic ring is 1. The van der Waals surface area contributed by atoms with Crippen molar-refractivity contribution in [1.82, 2.24) is 19.8 Å². The molecule has 20 heavy (non-hydrogen) atoms. The van der Waals surface area contributed by atoms with Gasteiger partial charge < -0.3 is 20.9 Å². The second-order valence-electron chi connectivity index (χ2n) is 4.54. The Bertz CT molecular complexity index is 592. The SMILES string of the molecule is Nc1nsc(NCCc2ncon2)c1C(=O)NC1CC1. The summed E-state index contributed by atoms with van der Waals surface area (Å²) in [5.41, 5.74) is 6.19. The van der Waals surface area contributed by atoms with Crippen LogP contribution < -0.4 is 16.4 Å². The molecule has 0 aliphatic heterocycles. The molecule has 2 aromatic rings. The lowest BCUT2D eigenvalue weighted by Crippen LogP contribution is -2.26. The van der Waals surface area contributed by atoms with Crippen LogP contribution in [0.25, 0.3) is 0 Å². The molecule has 1 amide bonds. The Morgan fingerprint density at radius 1 is 1.55 bits per heavy atom. The van der Waals surface area contributed by atoms with Crippen LogP contribution in [0.3, 0.4) is 0 Å². The van der Waals surface area contributed by atoms with E-state index < -0.39 is 0 Å². The highest BCUT2D eigenvalue weighted by molar-refractivity contribution is 7.11. The van der Waals surface area contributed by atoms with E-state index in [1.54, 1.807) is 0 Å². The lowest BCUT2D eigenvalue weighted by atomic mass is 10.3. The summed E-state index contributed by atoms with van der Waals surface area (Å²) in [7, 11) is 0. The summed E-state index contributed by atoms with van der Waals surface area (Å²) < 4.78 is 8.68. The molecular weight excluding hydrogens is 280 g/mol. The smallest absolute Gasteiger partial charge is 0.258 e. The van der Waals surface area contributed by atoms with E-state index in [-0.39, 0.29) is 17.8 Å². The minimum Gasteiger partial charge on any atom is -0.382 e. The van der Waals surface area contributed by atoms with Crippen molar-refractivity contribution >= 4 is 28.3 Å². The molecule has 2 heterocycles. The molecule has 0 aromatic carbocycles. The average molecular weight is 294 g/mol. The number of carbonyl (C=O) groups is 1. The molecule has 0 atom stereocenters. The highest BCUT2D eigenvalue weighted by atomic mass is 32.1. The Labute approximate surface area is 118 Å². The maximum atomic E-state index is 12.1. The van der Waals surface area contributed by atoms with Crippen molar-refractivity contribution in [3.8, 4) is 0 Å². The monoisotopic (exact) mass is 294 g/mol. The van der Waals surface area contributed by atoms with Gasteiger partial charge in [-0.2, -0.15) is 9.36 Å². The van der Waals surface area contributed by atoms with Crippen LogP contribution in [0, 0.1) is 0 Å². The second kappa shape index (κ2) is 5.45. The van der Waals surface area contributed by atoms with E-state index in [1.807, 2.05) is 0 Å². The van der Waals surface area contributed by atoms with Gasteiger partial charge in [-0.3, -0.25) is 4.79 Å². The Morgan fingerprint density at radius 2 is 2.40 bits per heavy atom. The normalized spacial score (nSPS) is 14.2. The van der Waals surface area contributed by atoms with Crippen LogP contribution in [0.4, 0.5) is 10.8 Å². The van der Waals surface area contributed by atoms with Gasteiger partial charge in [0.25, 0.3) is 5.91 Å². The highest BCUT2D eigenvalue weighted by Gasteiger charge is 2.27. The van der Waals surface area contributed by atoms with Crippen molar-refractivity contribution < 1.29 is 9.32 Å². The van der Waals surface area contributed by atoms with E-state index >= 15 is 0 Å². The number of rotatable bonds is 6. The van der Waals surface area contributed by atoms with Gasteiger partial charge in [-0.25, -0.2) is 0 Å². The standard InChI is InChI=1S/C11H14N6O2S/c12-9-8(10(18)15-6-1-2-6)11(20-17-9)13-4-3-7-14-5-19-16-7/h5-6,13H,1-4H2,(H2,12,17)(H,15,18). The quantitative estimate of drug-likeness (QED) is 0.715. The van der Waals surface area contributed by atoms with E-state index in [0.29, 0.717) is 29.4 Å². The van der Waals surface area contributed by atoms with E-state index in [9.17, 15) is 4.79 Å². The largest absolute Gasteiger partial charge is 0.382 e. The van der Waals surface area contributed by atoms with E-state index in [0.717, 1.165) is 12.8 Å². The van der Waals surface area contributed by atoms with Crippen LogP contribution in [-0.4, -0.2) is 33.0 Å². The molecule has 3 rings (SSSR count).